The minimum Gasteiger partial charge on any atom is -0.493 e. The summed E-state index contributed by atoms with van der Waals surface area (Å²) in [6.45, 7) is 4.77. The monoisotopic (exact) mass is 287 g/mol. The third kappa shape index (κ3) is 2.90. The topological polar surface area (TPSA) is 34.8 Å². The fourth-order valence-corrected chi connectivity index (χ4v) is 2.87. The number of fused-ring (bicyclic) bond motifs is 1. The van der Waals surface area contributed by atoms with Crippen molar-refractivity contribution in [3.05, 3.63) is 46.9 Å². The molecule has 4 nitrogen and oxygen atoms in total. The molecule has 0 radical (unpaired) electrons. The first-order valence-corrected chi connectivity index (χ1v) is 7.21. The first kappa shape index (κ1) is 14.0. The molecule has 0 saturated carbocycles. The predicted octanol–water partition coefficient (Wildman–Crippen LogP) is 3.16. The zero-order valence-electron chi connectivity index (χ0n) is 12.8. The van der Waals surface area contributed by atoms with Gasteiger partial charge in [-0.2, -0.15) is 0 Å². The van der Waals surface area contributed by atoms with Crippen molar-refractivity contribution in [3.63, 3.8) is 0 Å². The van der Waals surface area contributed by atoms with Gasteiger partial charge in [-0.3, -0.25) is 4.90 Å². The van der Waals surface area contributed by atoms with Crippen molar-refractivity contribution in [2.45, 2.75) is 26.4 Å². The summed E-state index contributed by atoms with van der Waals surface area (Å²) in [5, 5.41) is 0. The first-order chi connectivity index (χ1) is 10.2. The molecule has 0 unspecified atom stereocenters. The van der Waals surface area contributed by atoms with Gasteiger partial charge in [0.05, 0.1) is 20.8 Å². The number of aryl methyl sites for hydroxylation is 1. The summed E-state index contributed by atoms with van der Waals surface area (Å²) in [6.07, 6.45) is 1.02. The van der Waals surface area contributed by atoms with Crippen molar-refractivity contribution in [1.82, 2.24) is 4.90 Å². The van der Waals surface area contributed by atoms with Crippen molar-refractivity contribution >= 4 is 0 Å². The summed E-state index contributed by atoms with van der Waals surface area (Å²) >= 11 is 0. The predicted molar refractivity (Wildman–Crippen MR) is 80.8 cm³/mol. The van der Waals surface area contributed by atoms with Crippen LogP contribution in [0.2, 0.25) is 0 Å². The second-order valence-electron chi connectivity index (χ2n) is 5.45. The second-order valence-corrected chi connectivity index (χ2v) is 5.45. The number of furan rings is 1. The van der Waals surface area contributed by atoms with Gasteiger partial charge in [-0.15, -0.1) is 0 Å². The number of ether oxygens (including phenoxy) is 2. The molecule has 0 N–H and O–H groups in total. The van der Waals surface area contributed by atoms with Crippen LogP contribution in [0.1, 0.15) is 22.6 Å². The van der Waals surface area contributed by atoms with E-state index in [9.17, 15) is 0 Å². The van der Waals surface area contributed by atoms with Crippen LogP contribution in [0.25, 0.3) is 0 Å². The van der Waals surface area contributed by atoms with E-state index in [-0.39, 0.29) is 0 Å². The summed E-state index contributed by atoms with van der Waals surface area (Å²) in [5.74, 6) is 3.60. The highest BCUT2D eigenvalue weighted by Gasteiger charge is 2.20. The van der Waals surface area contributed by atoms with Crippen LogP contribution in [0.15, 0.2) is 28.7 Å². The summed E-state index contributed by atoms with van der Waals surface area (Å²) in [5.41, 5.74) is 2.65. The molecule has 0 spiro atoms. The average Bonchev–Trinajstić information content (AvgIpc) is 2.90. The van der Waals surface area contributed by atoms with Crippen LogP contribution in [-0.2, 0) is 19.5 Å². The molecular weight excluding hydrogens is 266 g/mol. The molecule has 1 aliphatic heterocycles. The Morgan fingerprint density at radius 1 is 1.10 bits per heavy atom. The fraction of sp³-hybridized carbons (Fsp3) is 0.412. The molecule has 0 amide bonds. The molecule has 2 heterocycles. The van der Waals surface area contributed by atoms with Gasteiger partial charge in [-0.05, 0) is 48.7 Å². The summed E-state index contributed by atoms with van der Waals surface area (Å²) in [4.78, 5) is 2.40. The second kappa shape index (κ2) is 5.82. The molecule has 3 rings (SSSR count). The van der Waals surface area contributed by atoms with Gasteiger partial charge in [-0.1, -0.05) is 0 Å². The smallest absolute Gasteiger partial charge is 0.161 e. The van der Waals surface area contributed by atoms with Crippen LogP contribution in [0.5, 0.6) is 11.5 Å². The summed E-state index contributed by atoms with van der Waals surface area (Å²) < 4.78 is 16.4. The quantitative estimate of drug-likeness (QED) is 0.865. The maximum atomic E-state index is 5.67. The number of rotatable bonds is 4. The normalized spacial score (nSPS) is 14.8. The van der Waals surface area contributed by atoms with Gasteiger partial charge < -0.3 is 13.9 Å². The van der Waals surface area contributed by atoms with E-state index in [4.69, 9.17) is 13.9 Å². The molecule has 0 bridgehead atoms. The minimum atomic E-state index is 0.798. The molecule has 21 heavy (non-hydrogen) atoms. The van der Waals surface area contributed by atoms with Crippen LogP contribution in [0.4, 0.5) is 0 Å². The van der Waals surface area contributed by atoms with Crippen molar-refractivity contribution in [1.29, 1.82) is 0 Å². The molecular formula is C17H21NO3. The Balaban J connectivity index is 1.78. The highest BCUT2D eigenvalue weighted by atomic mass is 16.5. The molecule has 0 saturated heterocycles. The highest BCUT2D eigenvalue weighted by Crippen LogP contribution is 2.33. The lowest BCUT2D eigenvalue weighted by Crippen LogP contribution is -2.30. The van der Waals surface area contributed by atoms with Crippen LogP contribution in [0, 0.1) is 6.92 Å². The van der Waals surface area contributed by atoms with Crippen LogP contribution in [0.3, 0.4) is 0 Å². The zero-order valence-corrected chi connectivity index (χ0v) is 12.8. The Kier molecular flexibility index (Phi) is 3.88. The molecule has 1 aliphatic rings. The Morgan fingerprint density at radius 2 is 1.81 bits per heavy atom. The molecule has 112 valence electrons. The minimum absolute atomic E-state index is 0.798. The van der Waals surface area contributed by atoms with E-state index in [1.165, 1.54) is 11.1 Å². The lowest BCUT2D eigenvalue weighted by atomic mass is 9.98. The molecule has 0 aliphatic carbocycles. The van der Waals surface area contributed by atoms with Crippen molar-refractivity contribution in [2.24, 2.45) is 0 Å². The zero-order chi connectivity index (χ0) is 14.8. The van der Waals surface area contributed by atoms with Crippen LogP contribution >= 0.6 is 0 Å². The Hall–Kier alpha value is -1.94. The molecule has 0 fully saturated rings. The van der Waals surface area contributed by atoms with Crippen LogP contribution < -0.4 is 9.47 Å². The Morgan fingerprint density at radius 3 is 2.43 bits per heavy atom. The Labute approximate surface area is 125 Å². The third-order valence-corrected chi connectivity index (χ3v) is 3.97. The van der Waals surface area contributed by atoms with E-state index in [0.717, 1.165) is 49.1 Å². The lowest BCUT2D eigenvalue weighted by Gasteiger charge is -2.28. The highest BCUT2D eigenvalue weighted by molar-refractivity contribution is 5.48. The Bertz CT molecular complexity index is 633. The van der Waals surface area contributed by atoms with Crippen molar-refractivity contribution < 1.29 is 13.9 Å². The molecule has 0 atom stereocenters. The van der Waals surface area contributed by atoms with E-state index < -0.39 is 0 Å². The van der Waals surface area contributed by atoms with E-state index >= 15 is 0 Å². The largest absolute Gasteiger partial charge is 0.493 e. The van der Waals surface area contributed by atoms with E-state index in [1.807, 2.05) is 13.0 Å². The number of methoxy groups -OCH3 is 2. The van der Waals surface area contributed by atoms with Gasteiger partial charge in [0.1, 0.15) is 11.5 Å². The van der Waals surface area contributed by atoms with Crippen LogP contribution in [-0.4, -0.2) is 25.7 Å². The summed E-state index contributed by atoms with van der Waals surface area (Å²) in [7, 11) is 3.36. The number of benzene rings is 1. The number of nitrogens with zero attached hydrogens (tertiary/aromatic N) is 1. The number of hydrogen-bond acceptors (Lipinski definition) is 4. The van der Waals surface area contributed by atoms with Gasteiger partial charge in [-0.25, -0.2) is 0 Å². The third-order valence-electron chi connectivity index (χ3n) is 3.97. The number of hydrogen-bond donors (Lipinski definition) is 0. The standard InChI is InChI=1S/C17H21NO3/c1-12-4-5-15(21-12)11-18-7-6-13-8-16(19-2)17(20-3)9-14(13)10-18/h4-5,8-9H,6-7,10-11H2,1-3H3. The van der Waals surface area contributed by atoms with Gasteiger partial charge in [0.2, 0.25) is 0 Å². The maximum absolute atomic E-state index is 5.67. The first-order valence-electron chi connectivity index (χ1n) is 7.21. The molecule has 1 aromatic heterocycles. The maximum Gasteiger partial charge on any atom is 0.161 e. The van der Waals surface area contributed by atoms with Gasteiger partial charge in [0.25, 0.3) is 0 Å². The van der Waals surface area contributed by atoms with E-state index in [1.54, 1.807) is 14.2 Å². The fourth-order valence-electron chi connectivity index (χ4n) is 2.87. The van der Waals surface area contributed by atoms with Crippen molar-refractivity contribution in [3.8, 4) is 11.5 Å². The SMILES string of the molecule is COc1cc2c(cc1OC)CN(Cc1ccc(C)o1)CC2. The molecule has 1 aromatic carbocycles. The van der Waals surface area contributed by atoms with Gasteiger partial charge >= 0.3 is 0 Å². The van der Waals surface area contributed by atoms with E-state index in [2.05, 4.69) is 23.1 Å². The molecule has 4 heteroatoms. The summed E-state index contributed by atoms with van der Waals surface area (Å²) in [6, 6.07) is 8.26. The van der Waals surface area contributed by atoms with Gasteiger partial charge in [0, 0.05) is 13.1 Å². The molecule has 2 aromatic rings. The lowest BCUT2D eigenvalue weighted by molar-refractivity contribution is 0.223. The van der Waals surface area contributed by atoms with E-state index in [0.29, 0.717) is 0 Å². The average molecular weight is 287 g/mol. The van der Waals surface area contributed by atoms with Crippen molar-refractivity contribution in [2.75, 3.05) is 20.8 Å². The van der Waals surface area contributed by atoms with Gasteiger partial charge in [0.15, 0.2) is 11.5 Å².